The van der Waals surface area contributed by atoms with Crippen LogP contribution in [0.25, 0.3) is 0 Å². The average molecular weight is 333 g/mol. The van der Waals surface area contributed by atoms with Crippen LogP contribution in [0.4, 0.5) is 4.79 Å². The van der Waals surface area contributed by atoms with Crippen LogP contribution in [0.15, 0.2) is 30.3 Å². The number of likely N-dealkylation sites (tertiary alicyclic amines) is 1. The number of rotatable bonds is 6. The van der Waals surface area contributed by atoms with Crippen molar-refractivity contribution in [2.75, 3.05) is 26.7 Å². The first-order valence-corrected chi connectivity index (χ1v) is 8.18. The quantitative estimate of drug-likeness (QED) is 0.738. The number of esters is 1. The van der Waals surface area contributed by atoms with Crippen LogP contribution < -0.4 is 10.6 Å². The van der Waals surface area contributed by atoms with Gasteiger partial charge in [-0.05, 0) is 12.0 Å². The minimum absolute atomic E-state index is 0.166. The summed E-state index contributed by atoms with van der Waals surface area (Å²) in [6, 6.07) is 9.59. The molecule has 2 aliphatic heterocycles. The molecule has 0 spiro atoms. The first-order valence-electron chi connectivity index (χ1n) is 8.18. The molecule has 2 fully saturated rings. The van der Waals surface area contributed by atoms with Crippen LogP contribution in [0.5, 0.6) is 0 Å². The summed E-state index contributed by atoms with van der Waals surface area (Å²) in [5.74, 6) is -0.456. The Morgan fingerprint density at radius 3 is 2.79 bits per heavy atom. The number of benzene rings is 1. The van der Waals surface area contributed by atoms with E-state index in [0.717, 1.165) is 25.1 Å². The van der Waals surface area contributed by atoms with Gasteiger partial charge in [-0.25, -0.2) is 9.59 Å². The van der Waals surface area contributed by atoms with Crippen molar-refractivity contribution < 1.29 is 19.1 Å². The van der Waals surface area contributed by atoms with E-state index in [0.29, 0.717) is 18.6 Å². The predicted octanol–water partition coefficient (Wildman–Crippen LogP) is 0.501. The fourth-order valence-corrected chi connectivity index (χ4v) is 3.33. The van der Waals surface area contributed by atoms with Crippen LogP contribution in [0.3, 0.4) is 0 Å². The zero-order chi connectivity index (χ0) is 16.9. The van der Waals surface area contributed by atoms with Gasteiger partial charge >= 0.3 is 12.1 Å². The first kappa shape index (κ1) is 16.7. The monoisotopic (exact) mass is 333 g/mol. The SMILES string of the molecule is COC(=O)[C@H](CN1C[C@H]2C[C@@H]1CN2)NC(=O)OCc1ccccc1. The van der Waals surface area contributed by atoms with Gasteiger partial charge in [-0.2, -0.15) is 0 Å². The van der Waals surface area contributed by atoms with Crippen molar-refractivity contribution in [3.05, 3.63) is 35.9 Å². The predicted molar refractivity (Wildman–Crippen MR) is 87.3 cm³/mol. The van der Waals surface area contributed by atoms with E-state index in [1.165, 1.54) is 7.11 Å². The Balaban J connectivity index is 1.51. The maximum atomic E-state index is 12.0. The summed E-state index contributed by atoms with van der Waals surface area (Å²) in [5.41, 5.74) is 0.894. The van der Waals surface area contributed by atoms with E-state index in [-0.39, 0.29) is 6.61 Å². The molecule has 1 aromatic carbocycles. The number of nitrogens with one attached hydrogen (secondary N) is 2. The van der Waals surface area contributed by atoms with Crippen LogP contribution >= 0.6 is 0 Å². The van der Waals surface area contributed by atoms with Gasteiger partial charge in [-0.15, -0.1) is 0 Å². The number of piperazine rings is 1. The number of methoxy groups -OCH3 is 1. The summed E-state index contributed by atoms with van der Waals surface area (Å²) in [5, 5.41) is 6.04. The molecule has 0 radical (unpaired) electrons. The fourth-order valence-electron chi connectivity index (χ4n) is 3.33. The number of alkyl carbamates (subject to hydrolysis) is 1. The topological polar surface area (TPSA) is 79.9 Å². The molecule has 7 nitrogen and oxygen atoms in total. The van der Waals surface area contributed by atoms with Crippen LogP contribution in [0, 0.1) is 0 Å². The lowest BCUT2D eigenvalue weighted by Gasteiger charge is -2.30. The lowest BCUT2D eigenvalue weighted by Crippen LogP contribution is -2.53. The molecule has 130 valence electrons. The Labute approximate surface area is 141 Å². The number of hydrogen-bond acceptors (Lipinski definition) is 6. The molecule has 1 amide bonds. The van der Waals surface area contributed by atoms with Crippen molar-refractivity contribution in [3.8, 4) is 0 Å². The summed E-state index contributed by atoms with van der Waals surface area (Å²) >= 11 is 0. The molecule has 0 aliphatic carbocycles. The molecule has 0 unspecified atom stereocenters. The second kappa shape index (κ2) is 7.63. The molecule has 3 rings (SSSR count). The van der Waals surface area contributed by atoms with Gasteiger partial charge in [-0.3, -0.25) is 4.90 Å². The number of carbonyl (C=O) groups is 2. The molecule has 2 aliphatic rings. The number of carbonyl (C=O) groups excluding carboxylic acids is 2. The smallest absolute Gasteiger partial charge is 0.408 e. The number of ether oxygens (including phenoxy) is 2. The van der Waals surface area contributed by atoms with Crippen LogP contribution in [0.1, 0.15) is 12.0 Å². The largest absolute Gasteiger partial charge is 0.467 e. The second-order valence-corrected chi connectivity index (χ2v) is 6.23. The maximum Gasteiger partial charge on any atom is 0.408 e. The van der Waals surface area contributed by atoms with Crippen LogP contribution in [-0.4, -0.2) is 61.8 Å². The van der Waals surface area contributed by atoms with E-state index in [2.05, 4.69) is 15.5 Å². The number of fused-ring (bicyclic) bond motifs is 2. The zero-order valence-corrected chi connectivity index (χ0v) is 13.7. The lowest BCUT2D eigenvalue weighted by molar-refractivity contribution is -0.143. The Morgan fingerprint density at radius 1 is 1.38 bits per heavy atom. The van der Waals surface area contributed by atoms with Gasteiger partial charge in [0.1, 0.15) is 12.6 Å². The van der Waals surface area contributed by atoms with Crippen LogP contribution in [0.2, 0.25) is 0 Å². The van der Waals surface area contributed by atoms with Gasteiger partial charge in [0, 0.05) is 31.7 Å². The van der Waals surface area contributed by atoms with E-state index in [1.807, 2.05) is 30.3 Å². The summed E-state index contributed by atoms with van der Waals surface area (Å²) in [6.07, 6.45) is 0.475. The highest BCUT2D eigenvalue weighted by Gasteiger charge is 2.39. The highest BCUT2D eigenvalue weighted by molar-refractivity contribution is 5.81. The molecule has 2 bridgehead atoms. The number of hydrogen-bond donors (Lipinski definition) is 2. The van der Waals surface area contributed by atoms with Crippen LogP contribution in [-0.2, 0) is 20.9 Å². The van der Waals surface area contributed by atoms with Gasteiger partial charge in [-0.1, -0.05) is 30.3 Å². The van der Waals surface area contributed by atoms with E-state index >= 15 is 0 Å². The van der Waals surface area contributed by atoms with Crippen molar-refractivity contribution in [2.24, 2.45) is 0 Å². The van der Waals surface area contributed by atoms with Crippen molar-refractivity contribution in [2.45, 2.75) is 31.2 Å². The highest BCUT2D eigenvalue weighted by atomic mass is 16.6. The lowest BCUT2D eigenvalue weighted by atomic mass is 10.2. The molecular formula is C17H23N3O4. The van der Waals surface area contributed by atoms with Crippen molar-refractivity contribution >= 4 is 12.1 Å². The number of amides is 1. The van der Waals surface area contributed by atoms with Gasteiger partial charge in [0.15, 0.2) is 0 Å². The molecule has 1 aromatic rings. The maximum absolute atomic E-state index is 12.0. The van der Waals surface area contributed by atoms with Gasteiger partial charge in [0.2, 0.25) is 0 Å². The third kappa shape index (κ3) is 4.04. The molecule has 2 heterocycles. The molecule has 0 saturated carbocycles. The van der Waals surface area contributed by atoms with E-state index in [4.69, 9.17) is 9.47 Å². The standard InChI is InChI=1S/C17H23N3O4/c1-23-16(21)15(10-20-9-13-7-14(20)8-18-13)19-17(22)24-11-12-5-3-2-4-6-12/h2-6,13-15,18H,7-11H2,1H3,(H,19,22)/t13-,14-,15+/m1/s1. The molecular weight excluding hydrogens is 310 g/mol. The van der Waals surface area contributed by atoms with E-state index < -0.39 is 18.1 Å². The summed E-state index contributed by atoms with van der Waals surface area (Å²) in [6.45, 7) is 2.42. The summed E-state index contributed by atoms with van der Waals surface area (Å²) in [4.78, 5) is 26.2. The molecule has 2 N–H and O–H groups in total. The van der Waals surface area contributed by atoms with Crippen molar-refractivity contribution in [3.63, 3.8) is 0 Å². The van der Waals surface area contributed by atoms with Crippen molar-refractivity contribution in [1.82, 2.24) is 15.5 Å². The first-order chi connectivity index (χ1) is 11.7. The van der Waals surface area contributed by atoms with Gasteiger partial charge < -0.3 is 20.1 Å². The fraction of sp³-hybridized carbons (Fsp3) is 0.529. The number of nitrogens with zero attached hydrogens (tertiary/aromatic N) is 1. The zero-order valence-electron chi connectivity index (χ0n) is 13.7. The normalized spacial score (nSPS) is 23.7. The molecule has 0 aromatic heterocycles. The molecule has 3 atom stereocenters. The Hall–Kier alpha value is -2.12. The van der Waals surface area contributed by atoms with E-state index in [1.54, 1.807) is 0 Å². The highest BCUT2D eigenvalue weighted by Crippen LogP contribution is 2.23. The Morgan fingerprint density at radius 2 is 2.17 bits per heavy atom. The minimum atomic E-state index is -0.724. The molecule has 7 heteroatoms. The Bertz CT molecular complexity index is 580. The average Bonchev–Trinajstić information content (AvgIpc) is 3.22. The third-order valence-electron chi connectivity index (χ3n) is 4.58. The molecule has 24 heavy (non-hydrogen) atoms. The van der Waals surface area contributed by atoms with Gasteiger partial charge in [0.25, 0.3) is 0 Å². The van der Waals surface area contributed by atoms with Crippen molar-refractivity contribution in [1.29, 1.82) is 0 Å². The van der Waals surface area contributed by atoms with Gasteiger partial charge in [0.05, 0.1) is 7.11 Å². The minimum Gasteiger partial charge on any atom is -0.467 e. The summed E-state index contributed by atoms with van der Waals surface area (Å²) in [7, 11) is 1.32. The second-order valence-electron chi connectivity index (χ2n) is 6.23. The Kier molecular flexibility index (Phi) is 5.32. The van der Waals surface area contributed by atoms with E-state index in [9.17, 15) is 9.59 Å². The molecule has 2 saturated heterocycles. The third-order valence-corrected chi connectivity index (χ3v) is 4.58. The summed E-state index contributed by atoms with van der Waals surface area (Å²) < 4.78 is 10.0.